The average molecular weight is 205 g/mol. The lowest BCUT2D eigenvalue weighted by molar-refractivity contribution is -0.137. The van der Waals surface area contributed by atoms with Gasteiger partial charge in [0.25, 0.3) is 0 Å². The molecule has 0 aromatic heterocycles. The summed E-state index contributed by atoms with van der Waals surface area (Å²) in [5.74, 6) is -0.506. The van der Waals surface area contributed by atoms with E-state index < -0.39 is 17.5 Å². The van der Waals surface area contributed by atoms with Gasteiger partial charge in [0, 0.05) is 0 Å². The van der Waals surface area contributed by atoms with E-state index in [4.69, 9.17) is 5.11 Å². The summed E-state index contributed by atoms with van der Waals surface area (Å²) in [5, 5.41) is 10.8. The second-order valence-corrected chi connectivity index (χ2v) is 2.49. The van der Waals surface area contributed by atoms with Gasteiger partial charge in [-0.15, -0.1) is 0 Å². The first kappa shape index (κ1) is 10.4. The second kappa shape index (κ2) is 3.57. The van der Waals surface area contributed by atoms with Gasteiger partial charge in [-0.25, -0.2) is 0 Å². The smallest absolute Gasteiger partial charge is 0.418 e. The summed E-state index contributed by atoms with van der Waals surface area (Å²) in [6.45, 7) is 0. The molecule has 0 unspecified atom stereocenters. The Bertz CT molecular complexity index is 349. The molecule has 1 amide bonds. The number of rotatable bonds is 2. The molecule has 6 heteroatoms. The molecule has 0 bridgehead atoms. The number of carbonyl (C=O) groups is 1. The minimum atomic E-state index is -4.61. The number of carbonyl (C=O) groups excluding carboxylic acids is 1. The fraction of sp³-hybridized carbons (Fsp3) is 0.125. The van der Waals surface area contributed by atoms with Gasteiger partial charge >= 0.3 is 6.18 Å². The second-order valence-electron chi connectivity index (χ2n) is 2.49. The maximum Gasteiger partial charge on any atom is 0.418 e. The van der Waals surface area contributed by atoms with Crippen LogP contribution in [0.4, 0.5) is 18.9 Å². The molecular weight excluding hydrogens is 199 g/mol. The van der Waals surface area contributed by atoms with Crippen molar-refractivity contribution < 1.29 is 23.1 Å². The van der Waals surface area contributed by atoms with Crippen molar-refractivity contribution in [3.63, 3.8) is 0 Å². The van der Waals surface area contributed by atoms with Crippen molar-refractivity contribution >= 4 is 12.1 Å². The van der Waals surface area contributed by atoms with Gasteiger partial charge in [-0.1, -0.05) is 0 Å². The lowest BCUT2D eigenvalue weighted by Crippen LogP contribution is -2.09. The molecule has 0 heterocycles. The zero-order valence-electron chi connectivity index (χ0n) is 6.80. The molecule has 1 aromatic rings. The highest BCUT2D eigenvalue weighted by molar-refractivity contribution is 5.74. The predicted octanol–water partition coefficient (Wildman–Crippen LogP) is 1.98. The van der Waals surface area contributed by atoms with Crippen LogP contribution >= 0.6 is 0 Å². The Hall–Kier alpha value is -1.72. The Morgan fingerprint density at radius 2 is 2.00 bits per heavy atom. The number of phenolic OH excluding ortho intramolecular Hbond substituents is 1. The molecule has 1 rings (SSSR count). The number of aromatic hydroxyl groups is 1. The van der Waals surface area contributed by atoms with E-state index in [1.165, 1.54) is 0 Å². The van der Waals surface area contributed by atoms with E-state index in [0.29, 0.717) is 6.07 Å². The van der Waals surface area contributed by atoms with Crippen molar-refractivity contribution in [2.45, 2.75) is 6.18 Å². The highest BCUT2D eigenvalue weighted by Gasteiger charge is 2.33. The molecule has 0 saturated heterocycles. The van der Waals surface area contributed by atoms with Gasteiger partial charge in [0.05, 0.1) is 11.3 Å². The first-order chi connectivity index (χ1) is 6.45. The van der Waals surface area contributed by atoms with Crippen LogP contribution in [0.3, 0.4) is 0 Å². The molecular formula is C8H6F3NO2. The number of hydrogen-bond donors (Lipinski definition) is 2. The topological polar surface area (TPSA) is 49.3 Å². The standard InChI is InChI=1S/C8H6F3NO2/c9-8(10,11)6-3-5(14)1-2-7(6)12-4-13/h1-4,14H,(H,12,13). The van der Waals surface area contributed by atoms with Gasteiger partial charge in [0.15, 0.2) is 0 Å². The molecule has 1 aromatic carbocycles. The van der Waals surface area contributed by atoms with Crippen molar-refractivity contribution in [2.75, 3.05) is 5.32 Å². The van der Waals surface area contributed by atoms with Gasteiger partial charge in [-0.05, 0) is 18.2 Å². The molecule has 0 fully saturated rings. The van der Waals surface area contributed by atoms with Crippen molar-refractivity contribution in [3.8, 4) is 5.75 Å². The summed E-state index contributed by atoms with van der Waals surface area (Å²) in [6, 6.07) is 2.58. The number of benzene rings is 1. The maximum atomic E-state index is 12.3. The molecule has 14 heavy (non-hydrogen) atoms. The quantitative estimate of drug-likeness (QED) is 0.572. The van der Waals surface area contributed by atoms with Crippen molar-refractivity contribution in [1.82, 2.24) is 0 Å². The van der Waals surface area contributed by atoms with Crippen molar-refractivity contribution in [2.24, 2.45) is 0 Å². The van der Waals surface area contributed by atoms with Gasteiger partial charge in [0.2, 0.25) is 6.41 Å². The minimum absolute atomic E-state index is 0.140. The summed E-state index contributed by atoms with van der Waals surface area (Å²) in [7, 11) is 0. The lowest BCUT2D eigenvalue weighted by Gasteiger charge is -2.11. The zero-order valence-corrected chi connectivity index (χ0v) is 6.80. The average Bonchev–Trinajstić information content (AvgIpc) is 2.07. The Morgan fingerprint density at radius 1 is 1.36 bits per heavy atom. The number of halogens is 3. The van der Waals surface area contributed by atoms with E-state index in [0.717, 1.165) is 12.1 Å². The zero-order chi connectivity index (χ0) is 10.8. The van der Waals surface area contributed by atoms with Gasteiger partial charge in [-0.3, -0.25) is 4.79 Å². The van der Waals surface area contributed by atoms with Crippen LogP contribution in [-0.4, -0.2) is 11.5 Å². The largest absolute Gasteiger partial charge is 0.508 e. The SMILES string of the molecule is O=CNc1ccc(O)cc1C(F)(F)F. The molecule has 0 spiro atoms. The van der Waals surface area contributed by atoms with Crippen LogP contribution in [0.1, 0.15) is 5.56 Å². The molecule has 0 aliphatic heterocycles. The molecule has 0 aliphatic carbocycles. The van der Waals surface area contributed by atoms with Crippen LogP contribution in [0.2, 0.25) is 0 Å². The number of nitrogens with one attached hydrogen (secondary N) is 1. The van der Waals surface area contributed by atoms with Crippen molar-refractivity contribution in [3.05, 3.63) is 23.8 Å². The third-order valence-corrected chi connectivity index (χ3v) is 1.52. The summed E-state index contributed by atoms with van der Waals surface area (Å²) < 4.78 is 36.9. The minimum Gasteiger partial charge on any atom is -0.508 e. The van der Waals surface area contributed by atoms with Gasteiger partial charge in [-0.2, -0.15) is 13.2 Å². The molecule has 76 valence electrons. The molecule has 2 N–H and O–H groups in total. The Labute approximate surface area is 77.2 Å². The fourth-order valence-electron chi connectivity index (χ4n) is 0.956. The van der Waals surface area contributed by atoms with E-state index >= 15 is 0 Å². The number of alkyl halides is 3. The van der Waals surface area contributed by atoms with Crippen LogP contribution < -0.4 is 5.32 Å². The number of hydrogen-bond acceptors (Lipinski definition) is 2. The summed E-state index contributed by atoms with van der Waals surface area (Å²) >= 11 is 0. The van der Waals surface area contributed by atoms with Crippen LogP contribution in [0, 0.1) is 0 Å². The summed E-state index contributed by atoms with van der Waals surface area (Å²) in [5.41, 5.74) is -1.46. The van der Waals surface area contributed by atoms with Gasteiger partial charge < -0.3 is 10.4 Å². The van der Waals surface area contributed by atoms with Crippen LogP contribution in [0.25, 0.3) is 0 Å². The first-order valence-electron chi connectivity index (χ1n) is 3.55. The van der Waals surface area contributed by atoms with Crippen LogP contribution in [0.5, 0.6) is 5.75 Å². The third kappa shape index (κ3) is 2.15. The van der Waals surface area contributed by atoms with Crippen LogP contribution in [0.15, 0.2) is 18.2 Å². The molecule has 0 atom stereocenters. The third-order valence-electron chi connectivity index (χ3n) is 1.52. The predicted molar refractivity (Wildman–Crippen MR) is 42.8 cm³/mol. The highest BCUT2D eigenvalue weighted by atomic mass is 19.4. The Kier molecular flexibility index (Phi) is 2.64. The monoisotopic (exact) mass is 205 g/mol. The fourth-order valence-corrected chi connectivity index (χ4v) is 0.956. The normalized spacial score (nSPS) is 11.1. The molecule has 0 saturated carbocycles. The van der Waals surface area contributed by atoms with E-state index in [1.54, 1.807) is 0 Å². The molecule has 3 nitrogen and oxygen atoms in total. The summed E-state index contributed by atoms with van der Waals surface area (Å²) in [4.78, 5) is 10.00. The Morgan fingerprint density at radius 3 is 2.50 bits per heavy atom. The Balaban J connectivity index is 3.22. The molecule has 0 aliphatic rings. The number of phenols is 1. The van der Waals surface area contributed by atoms with E-state index in [-0.39, 0.29) is 12.1 Å². The number of anilines is 1. The van der Waals surface area contributed by atoms with Crippen molar-refractivity contribution in [1.29, 1.82) is 0 Å². The number of amides is 1. The van der Waals surface area contributed by atoms with E-state index in [1.807, 2.05) is 5.32 Å². The maximum absolute atomic E-state index is 12.3. The summed E-state index contributed by atoms with van der Waals surface area (Å²) in [6.07, 6.45) is -4.47. The lowest BCUT2D eigenvalue weighted by atomic mass is 10.1. The van der Waals surface area contributed by atoms with Crippen LogP contribution in [-0.2, 0) is 11.0 Å². The highest BCUT2D eigenvalue weighted by Crippen LogP contribution is 2.36. The first-order valence-corrected chi connectivity index (χ1v) is 3.55. The van der Waals surface area contributed by atoms with E-state index in [2.05, 4.69) is 0 Å². The van der Waals surface area contributed by atoms with E-state index in [9.17, 15) is 18.0 Å². The molecule has 0 radical (unpaired) electrons. The van der Waals surface area contributed by atoms with Gasteiger partial charge in [0.1, 0.15) is 5.75 Å².